The summed E-state index contributed by atoms with van der Waals surface area (Å²) in [7, 11) is 0. The van der Waals surface area contributed by atoms with Gasteiger partial charge in [0.25, 0.3) is 5.19 Å². The molecule has 94 valence electrons. The number of aromatic nitrogens is 1. The van der Waals surface area contributed by atoms with E-state index < -0.39 is 0 Å². The van der Waals surface area contributed by atoms with E-state index in [1.54, 1.807) is 6.20 Å². The lowest BCUT2D eigenvalue weighted by Gasteiger charge is -2.05. The maximum absolute atomic E-state index is 11.1. The van der Waals surface area contributed by atoms with Gasteiger partial charge in [-0.15, -0.1) is 0 Å². The largest absolute Gasteiger partial charge is 0.431 e. The first-order chi connectivity index (χ1) is 8.78. The Morgan fingerprint density at radius 1 is 1.39 bits per heavy atom. The summed E-state index contributed by atoms with van der Waals surface area (Å²) in [4.78, 5) is 15.2. The number of benzene rings is 1. The first-order valence-electron chi connectivity index (χ1n) is 5.71. The van der Waals surface area contributed by atoms with Crippen LogP contribution < -0.4 is 10.1 Å². The summed E-state index contributed by atoms with van der Waals surface area (Å²) in [6.45, 7) is 2.38. The third-order valence-corrected chi connectivity index (χ3v) is 3.00. The summed E-state index contributed by atoms with van der Waals surface area (Å²) in [6, 6.07) is 7.60. The third kappa shape index (κ3) is 3.56. The maximum Gasteiger partial charge on any atom is 0.278 e. The van der Waals surface area contributed by atoms with E-state index in [9.17, 15) is 4.79 Å². The third-order valence-electron chi connectivity index (χ3n) is 2.35. The molecule has 0 spiro atoms. The quantitative estimate of drug-likeness (QED) is 0.901. The lowest BCUT2D eigenvalue weighted by molar-refractivity contribution is -0.120. The molecule has 0 atom stereocenters. The molecule has 0 aliphatic carbocycles. The number of nitrogens with zero attached hydrogens (tertiary/aromatic N) is 1. The second-order valence-corrected chi connectivity index (χ2v) is 4.53. The Morgan fingerprint density at radius 2 is 2.17 bits per heavy atom. The number of carbonyl (C=O) groups excluding carboxylic acids is 1. The summed E-state index contributed by atoms with van der Waals surface area (Å²) in [5.74, 6) is 0.800. The van der Waals surface area contributed by atoms with Crippen LogP contribution >= 0.6 is 11.3 Å². The Labute approximate surface area is 110 Å². The molecule has 1 aromatic heterocycles. The van der Waals surface area contributed by atoms with Crippen molar-refractivity contribution < 1.29 is 9.53 Å². The predicted octanol–water partition coefficient (Wildman–Crippen LogP) is 2.96. The molecule has 0 radical (unpaired) electrons. The van der Waals surface area contributed by atoms with Gasteiger partial charge in [-0.1, -0.05) is 30.4 Å². The van der Waals surface area contributed by atoms with Crippen LogP contribution in [-0.4, -0.2) is 10.9 Å². The average molecular weight is 262 g/mol. The topological polar surface area (TPSA) is 51.2 Å². The van der Waals surface area contributed by atoms with E-state index in [1.165, 1.54) is 11.3 Å². The molecule has 4 nitrogen and oxygen atoms in total. The fourth-order valence-electron chi connectivity index (χ4n) is 1.36. The molecule has 18 heavy (non-hydrogen) atoms. The van der Waals surface area contributed by atoms with Gasteiger partial charge in [-0.3, -0.25) is 4.79 Å². The smallest absolute Gasteiger partial charge is 0.278 e. The number of hydrogen-bond donors (Lipinski definition) is 1. The second-order valence-electron chi connectivity index (χ2n) is 3.67. The van der Waals surface area contributed by atoms with Gasteiger partial charge in [0, 0.05) is 24.5 Å². The minimum atomic E-state index is 0.0538. The number of amides is 1. The highest BCUT2D eigenvalue weighted by Gasteiger charge is 2.01. The zero-order valence-electron chi connectivity index (χ0n) is 10.1. The monoisotopic (exact) mass is 262 g/mol. The van der Waals surface area contributed by atoms with E-state index in [2.05, 4.69) is 10.3 Å². The van der Waals surface area contributed by atoms with Crippen LogP contribution in [0.1, 0.15) is 18.9 Å². The average Bonchev–Trinajstić information content (AvgIpc) is 2.90. The van der Waals surface area contributed by atoms with Crippen molar-refractivity contribution in [1.29, 1.82) is 0 Å². The fourth-order valence-corrected chi connectivity index (χ4v) is 1.87. The maximum atomic E-state index is 11.1. The molecule has 2 aromatic rings. The normalized spacial score (nSPS) is 10.1. The van der Waals surface area contributed by atoms with Crippen LogP contribution in [0.3, 0.4) is 0 Å². The number of rotatable bonds is 5. The summed E-state index contributed by atoms with van der Waals surface area (Å²) in [5.41, 5.74) is 1.04. The van der Waals surface area contributed by atoms with E-state index >= 15 is 0 Å². The highest BCUT2D eigenvalue weighted by Crippen LogP contribution is 2.23. The molecule has 1 N–H and O–H groups in total. The van der Waals surface area contributed by atoms with Crippen molar-refractivity contribution >= 4 is 17.2 Å². The van der Waals surface area contributed by atoms with Gasteiger partial charge in [-0.25, -0.2) is 4.98 Å². The van der Waals surface area contributed by atoms with Gasteiger partial charge in [-0.2, -0.15) is 0 Å². The van der Waals surface area contributed by atoms with Gasteiger partial charge >= 0.3 is 0 Å². The minimum absolute atomic E-state index is 0.0538. The van der Waals surface area contributed by atoms with Gasteiger partial charge in [-0.05, 0) is 17.7 Å². The van der Waals surface area contributed by atoms with Crippen molar-refractivity contribution in [1.82, 2.24) is 10.3 Å². The molecule has 5 heteroatoms. The SMILES string of the molecule is CCC(=O)NCc1ccc(Oc2nccs2)cc1. The fraction of sp³-hybridized carbons (Fsp3) is 0.231. The van der Waals surface area contributed by atoms with E-state index in [0.29, 0.717) is 18.2 Å². The Morgan fingerprint density at radius 3 is 2.78 bits per heavy atom. The highest BCUT2D eigenvalue weighted by atomic mass is 32.1. The molecule has 0 bridgehead atoms. The Hall–Kier alpha value is -1.88. The van der Waals surface area contributed by atoms with E-state index in [4.69, 9.17) is 4.74 Å². The van der Waals surface area contributed by atoms with Gasteiger partial charge in [0.05, 0.1) is 0 Å². The Balaban J connectivity index is 1.91. The molecule has 0 aliphatic rings. The second kappa shape index (κ2) is 6.16. The van der Waals surface area contributed by atoms with Crippen LogP contribution in [0.2, 0.25) is 0 Å². The summed E-state index contributed by atoms with van der Waals surface area (Å²) >= 11 is 1.45. The Kier molecular flexibility index (Phi) is 4.30. The number of hydrogen-bond acceptors (Lipinski definition) is 4. The van der Waals surface area contributed by atoms with Crippen LogP contribution in [0, 0.1) is 0 Å². The summed E-state index contributed by atoms with van der Waals surface area (Å²) < 4.78 is 5.54. The van der Waals surface area contributed by atoms with Gasteiger partial charge in [0.1, 0.15) is 5.75 Å². The lowest BCUT2D eigenvalue weighted by Crippen LogP contribution is -2.21. The number of nitrogens with one attached hydrogen (secondary N) is 1. The number of thiazole rings is 1. The Bertz CT molecular complexity index is 494. The number of ether oxygens (including phenoxy) is 1. The zero-order valence-corrected chi connectivity index (χ0v) is 10.9. The van der Waals surface area contributed by atoms with Crippen molar-refractivity contribution in [3.05, 3.63) is 41.4 Å². The molecule has 0 fully saturated rings. The molecular formula is C13H14N2O2S. The molecule has 0 saturated heterocycles. The van der Waals surface area contributed by atoms with Gasteiger partial charge in [0.15, 0.2) is 0 Å². The molecule has 1 heterocycles. The highest BCUT2D eigenvalue weighted by molar-refractivity contribution is 7.11. The molecule has 1 amide bonds. The molecule has 2 rings (SSSR count). The van der Waals surface area contributed by atoms with Crippen LogP contribution in [0.25, 0.3) is 0 Å². The molecule has 0 aliphatic heterocycles. The molecule has 0 unspecified atom stereocenters. The lowest BCUT2D eigenvalue weighted by atomic mass is 10.2. The van der Waals surface area contributed by atoms with Crippen molar-refractivity contribution in [3.8, 4) is 10.9 Å². The zero-order chi connectivity index (χ0) is 12.8. The minimum Gasteiger partial charge on any atom is -0.431 e. The van der Waals surface area contributed by atoms with Crippen LogP contribution in [0.15, 0.2) is 35.8 Å². The van der Waals surface area contributed by atoms with E-state index in [0.717, 1.165) is 11.3 Å². The van der Waals surface area contributed by atoms with Crippen LogP contribution in [0.4, 0.5) is 0 Å². The van der Waals surface area contributed by atoms with Crippen molar-refractivity contribution in [3.63, 3.8) is 0 Å². The van der Waals surface area contributed by atoms with Crippen LogP contribution in [-0.2, 0) is 11.3 Å². The first kappa shape index (κ1) is 12.6. The van der Waals surface area contributed by atoms with Gasteiger partial charge < -0.3 is 10.1 Å². The predicted molar refractivity (Wildman–Crippen MR) is 70.8 cm³/mol. The standard InChI is InChI=1S/C13H14N2O2S/c1-2-12(16)15-9-10-3-5-11(6-4-10)17-13-14-7-8-18-13/h3-8H,2,9H2,1H3,(H,15,16). The summed E-state index contributed by atoms with van der Waals surface area (Å²) in [6.07, 6.45) is 2.21. The first-order valence-corrected chi connectivity index (χ1v) is 6.59. The molecular weight excluding hydrogens is 248 g/mol. The van der Waals surface area contributed by atoms with Crippen LogP contribution in [0.5, 0.6) is 10.9 Å². The van der Waals surface area contributed by atoms with E-state index in [1.807, 2.05) is 36.6 Å². The molecule has 0 saturated carbocycles. The molecule has 1 aromatic carbocycles. The number of carbonyl (C=O) groups is 1. The van der Waals surface area contributed by atoms with Crippen molar-refractivity contribution in [2.45, 2.75) is 19.9 Å². The van der Waals surface area contributed by atoms with Crippen molar-refractivity contribution in [2.75, 3.05) is 0 Å². The van der Waals surface area contributed by atoms with E-state index in [-0.39, 0.29) is 5.91 Å². The summed E-state index contributed by atoms with van der Waals surface area (Å²) in [5, 5.41) is 5.32. The van der Waals surface area contributed by atoms with Gasteiger partial charge in [0.2, 0.25) is 5.91 Å². The van der Waals surface area contributed by atoms with Crippen molar-refractivity contribution in [2.24, 2.45) is 0 Å².